The van der Waals surface area contributed by atoms with Crippen LogP contribution in [-0.4, -0.2) is 53.2 Å². The summed E-state index contributed by atoms with van der Waals surface area (Å²) in [6.07, 6.45) is 2.19. The Kier molecular flexibility index (Phi) is 5.80. The van der Waals surface area contributed by atoms with Crippen molar-refractivity contribution in [2.75, 3.05) is 19.7 Å². The number of nitrogens with one attached hydrogen (secondary N) is 1. The molecule has 2 aromatic carbocycles. The number of aliphatic carboxylic acids is 1. The summed E-state index contributed by atoms with van der Waals surface area (Å²) in [4.78, 5) is 38.7. The van der Waals surface area contributed by atoms with Gasteiger partial charge >= 0.3 is 12.1 Å². The number of fused-ring (bicyclic) bond motifs is 4. The molecule has 178 valence electrons. The summed E-state index contributed by atoms with van der Waals surface area (Å²) in [6.45, 7) is 2.82. The first kappa shape index (κ1) is 22.4. The van der Waals surface area contributed by atoms with Crippen LogP contribution in [-0.2, 0) is 14.3 Å². The number of piperidine rings is 1. The molecule has 1 heterocycles. The minimum Gasteiger partial charge on any atom is -0.479 e. The molecule has 0 spiro atoms. The van der Waals surface area contributed by atoms with Gasteiger partial charge in [-0.05, 0) is 53.9 Å². The number of alkyl carbamates (subject to hydrolysis) is 1. The summed E-state index contributed by atoms with van der Waals surface area (Å²) in [5, 5.41) is 12.4. The van der Waals surface area contributed by atoms with E-state index in [2.05, 4.69) is 29.6 Å². The Labute approximate surface area is 199 Å². The van der Waals surface area contributed by atoms with Crippen molar-refractivity contribution in [2.24, 2.45) is 11.8 Å². The van der Waals surface area contributed by atoms with Crippen LogP contribution >= 0.6 is 0 Å². The van der Waals surface area contributed by atoms with Crippen molar-refractivity contribution in [3.63, 3.8) is 0 Å². The second-order valence-electron chi connectivity index (χ2n) is 9.70. The first-order chi connectivity index (χ1) is 16.4. The molecule has 0 radical (unpaired) electrons. The molecule has 3 atom stereocenters. The van der Waals surface area contributed by atoms with E-state index in [0.29, 0.717) is 25.9 Å². The van der Waals surface area contributed by atoms with Crippen LogP contribution < -0.4 is 5.32 Å². The molecule has 7 heteroatoms. The minimum atomic E-state index is -0.996. The molecular formula is C27H30N2O5. The van der Waals surface area contributed by atoms with Gasteiger partial charge in [0.15, 0.2) is 0 Å². The van der Waals surface area contributed by atoms with Crippen LogP contribution in [0, 0.1) is 11.8 Å². The first-order valence-electron chi connectivity index (χ1n) is 12.1. The second kappa shape index (κ2) is 8.78. The number of likely N-dealkylation sites (tertiary alicyclic amines) is 1. The molecule has 2 amide bonds. The Morgan fingerprint density at radius 2 is 1.76 bits per heavy atom. The normalized spacial score (nSPS) is 23.3. The molecule has 0 bridgehead atoms. The summed E-state index contributed by atoms with van der Waals surface area (Å²) >= 11 is 0. The van der Waals surface area contributed by atoms with Crippen LogP contribution in [0.5, 0.6) is 0 Å². The number of ether oxygens (including phenoxy) is 1. The maximum absolute atomic E-state index is 13.0. The lowest BCUT2D eigenvalue weighted by Crippen LogP contribution is -2.53. The van der Waals surface area contributed by atoms with E-state index in [0.717, 1.165) is 24.0 Å². The summed E-state index contributed by atoms with van der Waals surface area (Å²) < 4.78 is 5.55. The third-order valence-electron chi connectivity index (χ3n) is 7.74. The number of carboxylic acid groups (broad SMARTS) is 1. The number of hydrogen-bond donors (Lipinski definition) is 2. The Hall–Kier alpha value is -3.35. The van der Waals surface area contributed by atoms with Gasteiger partial charge in [-0.3, -0.25) is 4.79 Å². The van der Waals surface area contributed by atoms with Gasteiger partial charge in [0.2, 0.25) is 5.91 Å². The van der Waals surface area contributed by atoms with Crippen molar-refractivity contribution in [3.05, 3.63) is 59.7 Å². The zero-order chi connectivity index (χ0) is 23.9. The number of nitrogens with zero attached hydrogens (tertiary/aromatic N) is 1. The highest BCUT2D eigenvalue weighted by atomic mass is 16.5. The molecule has 2 aliphatic carbocycles. The molecule has 1 saturated carbocycles. The summed E-state index contributed by atoms with van der Waals surface area (Å²) in [7, 11) is 0. The van der Waals surface area contributed by atoms with E-state index < -0.39 is 17.6 Å². The van der Waals surface area contributed by atoms with E-state index >= 15 is 0 Å². The third-order valence-corrected chi connectivity index (χ3v) is 7.74. The van der Waals surface area contributed by atoms with Gasteiger partial charge in [-0.25, -0.2) is 9.59 Å². The largest absolute Gasteiger partial charge is 0.479 e. The number of hydrogen-bond acceptors (Lipinski definition) is 4. The Morgan fingerprint density at radius 1 is 1.12 bits per heavy atom. The van der Waals surface area contributed by atoms with Crippen LogP contribution in [0.1, 0.15) is 49.7 Å². The zero-order valence-corrected chi connectivity index (χ0v) is 19.3. The van der Waals surface area contributed by atoms with Gasteiger partial charge in [-0.1, -0.05) is 55.5 Å². The maximum Gasteiger partial charge on any atom is 0.407 e. The lowest BCUT2D eigenvalue weighted by Gasteiger charge is -2.35. The number of carbonyl (C=O) groups excluding carboxylic acids is 2. The van der Waals surface area contributed by atoms with E-state index in [-0.39, 0.29) is 30.3 Å². The predicted octanol–water partition coefficient (Wildman–Crippen LogP) is 4.02. The molecule has 1 unspecified atom stereocenters. The molecule has 2 N–H and O–H groups in total. The molecule has 0 aromatic heterocycles. The monoisotopic (exact) mass is 462 g/mol. The predicted molar refractivity (Wildman–Crippen MR) is 126 cm³/mol. The lowest BCUT2D eigenvalue weighted by atomic mass is 9.98. The smallest absolute Gasteiger partial charge is 0.407 e. The zero-order valence-electron chi connectivity index (χ0n) is 19.3. The van der Waals surface area contributed by atoms with Gasteiger partial charge in [-0.2, -0.15) is 0 Å². The van der Waals surface area contributed by atoms with Crippen molar-refractivity contribution in [1.82, 2.24) is 10.2 Å². The lowest BCUT2D eigenvalue weighted by molar-refractivity contribution is -0.156. The van der Waals surface area contributed by atoms with Crippen molar-refractivity contribution < 1.29 is 24.2 Å². The molecular weight excluding hydrogens is 432 g/mol. The average Bonchev–Trinajstić information content (AvgIpc) is 3.53. The minimum absolute atomic E-state index is 0.00329. The summed E-state index contributed by atoms with van der Waals surface area (Å²) in [6, 6.07) is 16.3. The Bertz CT molecular complexity index is 1090. The van der Waals surface area contributed by atoms with Gasteiger partial charge < -0.3 is 20.1 Å². The number of amides is 2. The van der Waals surface area contributed by atoms with E-state index in [1.807, 2.05) is 24.3 Å². The molecule has 34 heavy (non-hydrogen) atoms. The van der Waals surface area contributed by atoms with Gasteiger partial charge in [0, 0.05) is 24.9 Å². The molecule has 2 fully saturated rings. The fourth-order valence-corrected chi connectivity index (χ4v) is 5.80. The number of carboxylic acids is 1. The molecule has 3 aliphatic rings. The quantitative estimate of drug-likeness (QED) is 0.648. The number of rotatable bonds is 7. The average molecular weight is 463 g/mol. The fraction of sp³-hybridized carbons (Fsp3) is 0.444. The van der Waals surface area contributed by atoms with E-state index in [9.17, 15) is 19.5 Å². The highest BCUT2D eigenvalue weighted by Gasteiger charge is 2.66. The standard InChI is InChI=1S/C27H30N2O5/c1-17(24(30)29-14-6-7-18-15-27(18,29)25(31)32)12-13-28-26(33)34-16-23-21-10-4-2-8-19(21)20-9-3-5-11-22(20)23/h2-5,8-11,17-18,23H,6-7,12-16H2,1H3,(H,28,33)(H,31,32)/t17?,18-,27+/m1/s1. The molecule has 7 nitrogen and oxygen atoms in total. The SMILES string of the molecule is CC(CCNC(=O)OCC1c2ccccc2-c2ccccc21)C(=O)N1CCC[C@@H]2C[C@@]21C(=O)O. The van der Waals surface area contributed by atoms with Crippen molar-refractivity contribution in [3.8, 4) is 11.1 Å². The van der Waals surface area contributed by atoms with E-state index in [4.69, 9.17) is 4.74 Å². The highest BCUT2D eigenvalue weighted by Crippen LogP contribution is 2.54. The molecule has 1 aliphatic heterocycles. The van der Waals surface area contributed by atoms with Gasteiger partial charge in [0.05, 0.1) is 0 Å². The van der Waals surface area contributed by atoms with Gasteiger partial charge in [-0.15, -0.1) is 0 Å². The van der Waals surface area contributed by atoms with Crippen LogP contribution in [0.3, 0.4) is 0 Å². The maximum atomic E-state index is 13.0. The van der Waals surface area contributed by atoms with Gasteiger partial charge in [0.1, 0.15) is 12.1 Å². The Balaban J connectivity index is 1.12. The summed E-state index contributed by atoms with van der Waals surface area (Å²) in [5.74, 6) is -1.33. The van der Waals surface area contributed by atoms with E-state index in [1.165, 1.54) is 11.1 Å². The molecule has 5 rings (SSSR count). The Morgan fingerprint density at radius 3 is 2.41 bits per heavy atom. The summed E-state index contributed by atoms with van der Waals surface area (Å²) in [5.41, 5.74) is 3.67. The highest BCUT2D eigenvalue weighted by molar-refractivity contribution is 5.91. The van der Waals surface area contributed by atoms with Gasteiger partial charge in [0.25, 0.3) is 0 Å². The first-order valence-corrected chi connectivity index (χ1v) is 12.1. The van der Waals surface area contributed by atoms with Crippen molar-refractivity contribution >= 4 is 18.0 Å². The van der Waals surface area contributed by atoms with Crippen LogP contribution in [0.15, 0.2) is 48.5 Å². The number of carbonyl (C=O) groups is 3. The third kappa shape index (κ3) is 3.73. The topological polar surface area (TPSA) is 95.9 Å². The fourth-order valence-electron chi connectivity index (χ4n) is 5.80. The molecule has 1 saturated heterocycles. The van der Waals surface area contributed by atoms with Crippen molar-refractivity contribution in [1.29, 1.82) is 0 Å². The molecule has 2 aromatic rings. The second-order valence-corrected chi connectivity index (χ2v) is 9.70. The van der Waals surface area contributed by atoms with E-state index in [1.54, 1.807) is 11.8 Å². The van der Waals surface area contributed by atoms with Crippen molar-refractivity contribution in [2.45, 2.75) is 44.1 Å². The number of benzene rings is 2. The van der Waals surface area contributed by atoms with Crippen LogP contribution in [0.2, 0.25) is 0 Å². The van der Waals surface area contributed by atoms with Crippen LogP contribution in [0.25, 0.3) is 11.1 Å². The van der Waals surface area contributed by atoms with Crippen LogP contribution in [0.4, 0.5) is 4.79 Å².